The Morgan fingerprint density at radius 2 is 1.27 bits per heavy atom. The van der Waals surface area contributed by atoms with E-state index in [1.54, 1.807) is 0 Å². The third kappa shape index (κ3) is 3.53. The van der Waals surface area contributed by atoms with Crippen LogP contribution in [-0.2, 0) is 0 Å². The van der Waals surface area contributed by atoms with Crippen LogP contribution in [0.5, 0.6) is 0 Å². The molecular formula is C40H23N3OS. The Morgan fingerprint density at radius 3 is 2.18 bits per heavy atom. The first-order valence-electron chi connectivity index (χ1n) is 15.0. The van der Waals surface area contributed by atoms with E-state index in [0.717, 1.165) is 44.4 Å². The number of fused-ring (bicyclic) bond motifs is 10. The Hall–Kier alpha value is -5.78. The average Bonchev–Trinajstić information content (AvgIpc) is 3.77. The fraction of sp³-hybridized carbons (Fsp3) is 0. The van der Waals surface area contributed by atoms with Gasteiger partial charge in [-0.15, -0.1) is 11.3 Å². The smallest absolute Gasteiger partial charge is 0.231 e. The van der Waals surface area contributed by atoms with Gasteiger partial charge in [0, 0.05) is 47.5 Å². The molecule has 0 unspecified atom stereocenters. The molecule has 4 heterocycles. The molecule has 0 saturated carbocycles. The zero-order chi connectivity index (χ0) is 29.5. The van der Waals surface area contributed by atoms with Gasteiger partial charge in [-0.2, -0.15) is 4.98 Å². The van der Waals surface area contributed by atoms with Crippen molar-refractivity contribution in [1.29, 1.82) is 0 Å². The van der Waals surface area contributed by atoms with Crippen LogP contribution in [-0.4, -0.2) is 14.5 Å². The zero-order valence-corrected chi connectivity index (χ0v) is 24.8. The molecule has 4 aromatic heterocycles. The Morgan fingerprint density at radius 1 is 0.533 bits per heavy atom. The van der Waals surface area contributed by atoms with E-state index in [4.69, 9.17) is 14.4 Å². The fourth-order valence-electron chi connectivity index (χ4n) is 6.92. The van der Waals surface area contributed by atoms with Crippen LogP contribution in [0.1, 0.15) is 0 Å². The van der Waals surface area contributed by atoms with Gasteiger partial charge in [0.25, 0.3) is 0 Å². The molecular weight excluding hydrogens is 571 g/mol. The highest BCUT2D eigenvalue weighted by molar-refractivity contribution is 7.26. The van der Waals surface area contributed by atoms with Gasteiger partial charge in [0.1, 0.15) is 5.58 Å². The van der Waals surface area contributed by atoms with Crippen molar-refractivity contribution in [3.63, 3.8) is 0 Å². The third-order valence-corrected chi connectivity index (χ3v) is 9.98. The summed E-state index contributed by atoms with van der Waals surface area (Å²) >= 11 is 1.85. The second-order valence-electron chi connectivity index (χ2n) is 11.3. The highest BCUT2D eigenvalue weighted by Crippen LogP contribution is 2.45. The van der Waals surface area contributed by atoms with Gasteiger partial charge in [-0.3, -0.25) is 0 Å². The molecule has 0 aliphatic heterocycles. The first kappa shape index (κ1) is 24.6. The number of rotatable bonds is 3. The summed E-state index contributed by atoms with van der Waals surface area (Å²) in [5, 5.41) is 6.95. The predicted octanol–water partition coefficient (Wildman–Crippen LogP) is 11.2. The van der Waals surface area contributed by atoms with Crippen molar-refractivity contribution in [2.24, 2.45) is 0 Å². The monoisotopic (exact) mass is 593 g/mol. The fourth-order valence-corrected chi connectivity index (χ4v) is 8.03. The van der Waals surface area contributed by atoms with Gasteiger partial charge in [0.2, 0.25) is 5.71 Å². The molecule has 10 rings (SSSR count). The number of nitrogens with zero attached hydrogens (tertiary/aromatic N) is 3. The summed E-state index contributed by atoms with van der Waals surface area (Å²) in [7, 11) is 0. The molecule has 0 bridgehead atoms. The van der Waals surface area contributed by atoms with Crippen LogP contribution in [0.3, 0.4) is 0 Å². The summed E-state index contributed by atoms with van der Waals surface area (Å²) in [4.78, 5) is 10.3. The quantitative estimate of drug-likeness (QED) is 0.205. The molecule has 0 saturated heterocycles. The Bertz CT molecular complexity index is 2770. The molecule has 0 fully saturated rings. The minimum absolute atomic E-state index is 0.586. The van der Waals surface area contributed by atoms with E-state index in [-0.39, 0.29) is 0 Å². The van der Waals surface area contributed by atoms with E-state index < -0.39 is 0 Å². The van der Waals surface area contributed by atoms with Crippen molar-refractivity contribution < 1.29 is 4.42 Å². The minimum Gasteiger partial charge on any atom is -0.438 e. The van der Waals surface area contributed by atoms with Gasteiger partial charge in [-0.05, 0) is 30.3 Å². The molecule has 10 aromatic rings. The minimum atomic E-state index is 0.586. The number of benzene rings is 6. The normalized spacial score (nSPS) is 12.0. The molecule has 45 heavy (non-hydrogen) atoms. The van der Waals surface area contributed by atoms with Crippen LogP contribution in [0.15, 0.2) is 144 Å². The first-order valence-corrected chi connectivity index (χ1v) is 15.8. The summed E-state index contributed by atoms with van der Waals surface area (Å²) < 4.78 is 11.4. The second kappa shape index (κ2) is 9.36. The van der Waals surface area contributed by atoms with E-state index in [1.165, 1.54) is 36.5 Å². The summed E-state index contributed by atoms with van der Waals surface area (Å²) in [5.41, 5.74) is 7.65. The molecule has 0 radical (unpaired) electrons. The van der Waals surface area contributed by atoms with Crippen molar-refractivity contribution in [3.8, 4) is 28.3 Å². The molecule has 6 aromatic carbocycles. The maximum atomic E-state index is 6.39. The van der Waals surface area contributed by atoms with Gasteiger partial charge >= 0.3 is 0 Å². The van der Waals surface area contributed by atoms with Gasteiger partial charge in [-0.25, -0.2) is 4.98 Å². The molecule has 0 aliphatic rings. The van der Waals surface area contributed by atoms with Crippen LogP contribution < -0.4 is 0 Å². The highest BCUT2D eigenvalue weighted by Gasteiger charge is 2.23. The number of hydrogen-bond acceptors (Lipinski definition) is 4. The van der Waals surface area contributed by atoms with Crippen LogP contribution in [0.25, 0.3) is 92.4 Å². The third-order valence-electron chi connectivity index (χ3n) is 8.85. The number of furan rings is 1. The SMILES string of the molecule is c1ccc(-c2nc(-c3ccccc3-n3c4ccccc4c4ccc5sc6ccccc6c5c43)c3c(n2)oc2ccccc23)cc1. The van der Waals surface area contributed by atoms with Crippen molar-refractivity contribution in [1.82, 2.24) is 14.5 Å². The lowest BCUT2D eigenvalue weighted by molar-refractivity contribution is 0.653. The number of thiophene rings is 1. The number of para-hydroxylation sites is 3. The standard InChI is InChI=1S/C40H23N3OS/c1-2-12-24(13-3-1)39-41-37(36-28-16-6-10-20-32(28)44-40(36)42-39)27-15-5-9-19-31(27)43-30-18-8-4-14-25(30)26-22-23-34-35(38(26)43)29-17-7-11-21-33(29)45-34/h1-23H. The van der Waals surface area contributed by atoms with Crippen molar-refractivity contribution in [2.75, 3.05) is 0 Å². The second-order valence-corrected chi connectivity index (χ2v) is 12.4. The van der Waals surface area contributed by atoms with Crippen LogP contribution in [0.4, 0.5) is 0 Å². The predicted molar refractivity (Wildman–Crippen MR) is 187 cm³/mol. The first-order chi connectivity index (χ1) is 22.3. The molecule has 5 heteroatoms. The molecule has 0 aliphatic carbocycles. The lowest BCUT2D eigenvalue weighted by atomic mass is 10.0. The topological polar surface area (TPSA) is 43.9 Å². The maximum absolute atomic E-state index is 6.39. The zero-order valence-electron chi connectivity index (χ0n) is 23.9. The molecule has 0 atom stereocenters. The van der Waals surface area contributed by atoms with Crippen LogP contribution in [0.2, 0.25) is 0 Å². The molecule has 4 nitrogen and oxygen atoms in total. The van der Waals surface area contributed by atoms with Crippen molar-refractivity contribution >= 4 is 75.4 Å². The van der Waals surface area contributed by atoms with Gasteiger partial charge in [-0.1, -0.05) is 109 Å². The Kier molecular flexibility index (Phi) is 5.12. The van der Waals surface area contributed by atoms with Crippen molar-refractivity contribution in [2.45, 2.75) is 0 Å². The van der Waals surface area contributed by atoms with Gasteiger partial charge in [0.05, 0.1) is 27.8 Å². The maximum Gasteiger partial charge on any atom is 0.231 e. The van der Waals surface area contributed by atoms with Gasteiger partial charge < -0.3 is 8.98 Å². The largest absolute Gasteiger partial charge is 0.438 e. The molecule has 210 valence electrons. The van der Waals surface area contributed by atoms with E-state index in [1.807, 2.05) is 59.9 Å². The van der Waals surface area contributed by atoms with E-state index in [9.17, 15) is 0 Å². The Labute approximate surface area is 261 Å². The molecule has 0 N–H and O–H groups in total. The van der Waals surface area contributed by atoms with Gasteiger partial charge in [0.15, 0.2) is 5.82 Å². The summed E-state index contributed by atoms with van der Waals surface area (Å²) in [5.74, 6) is 0.639. The van der Waals surface area contributed by atoms with E-state index in [2.05, 4.69) is 95.6 Å². The summed E-state index contributed by atoms with van der Waals surface area (Å²) in [6.45, 7) is 0. The Balaban J connectivity index is 1.38. The number of hydrogen-bond donors (Lipinski definition) is 0. The molecule has 0 amide bonds. The van der Waals surface area contributed by atoms with E-state index in [0.29, 0.717) is 11.5 Å². The lowest BCUT2D eigenvalue weighted by Gasteiger charge is -2.15. The van der Waals surface area contributed by atoms with Crippen molar-refractivity contribution in [3.05, 3.63) is 140 Å². The highest BCUT2D eigenvalue weighted by atomic mass is 32.1. The summed E-state index contributed by atoms with van der Waals surface area (Å²) in [6.07, 6.45) is 0. The van der Waals surface area contributed by atoms with E-state index >= 15 is 0 Å². The van der Waals surface area contributed by atoms with Crippen LogP contribution >= 0.6 is 11.3 Å². The molecule has 0 spiro atoms. The number of aromatic nitrogens is 3. The average molecular weight is 594 g/mol. The van der Waals surface area contributed by atoms with Crippen LogP contribution in [0, 0.1) is 0 Å². The summed E-state index contributed by atoms with van der Waals surface area (Å²) in [6, 6.07) is 48.9. The lowest BCUT2D eigenvalue weighted by Crippen LogP contribution is -2.00.